The van der Waals surface area contributed by atoms with Crippen LogP contribution in [0.25, 0.3) is 16.8 Å². The molecule has 4 rings (SSSR count). The summed E-state index contributed by atoms with van der Waals surface area (Å²) in [7, 11) is 0. The standard InChI is InChI=1S/C20H16FN5O/c21-16-8-6-14(7-9-16)10-11-22-20(27)18-12-17(15-4-2-1-3-5-15)19-24-23-13-26(19)25-18/h1-9,12-13H,10-11H2,(H,22,27). The highest BCUT2D eigenvalue weighted by atomic mass is 19.1. The maximum absolute atomic E-state index is 12.9. The Morgan fingerprint density at radius 1 is 1.07 bits per heavy atom. The maximum atomic E-state index is 12.9. The number of hydrogen-bond donors (Lipinski definition) is 1. The van der Waals surface area contributed by atoms with Gasteiger partial charge in [0.15, 0.2) is 5.65 Å². The first-order valence-electron chi connectivity index (χ1n) is 8.50. The average molecular weight is 361 g/mol. The molecule has 134 valence electrons. The van der Waals surface area contributed by atoms with E-state index in [0.717, 1.165) is 16.7 Å². The largest absolute Gasteiger partial charge is 0.350 e. The SMILES string of the molecule is O=C(NCCc1ccc(F)cc1)c1cc(-c2ccccc2)c2nncn2n1. The van der Waals surface area contributed by atoms with Gasteiger partial charge in [-0.1, -0.05) is 42.5 Å². The van der Waals surface area contributed by atoms with Crippen LogP contribution >= 0.6 is 0 Å². The van der Waals surface area contributed by atoms with Crippen LogP contribution in [0.4, 0.5) is 4.39 Å². The summed E-state index contributed by atoms with van der Waals surface area (Å²) >= 11 is 0. The van der Waals surface area contributed by atoms with Crippen molar-refractivity contribution >= 4 is 11.6 Å². The lowest BCUT2D eigenvalue weighted by Crippen LogP contribution is -2.27. The van der Waals surface area contributed by atoms with Gasteiger partial charge in [-0.15, -0.1) is 10.2 Å². The smallest absolute Gasteiger partial charge is 0.271 e. The minimum Gasteiger partial charge on any atom is -0.350 e. The molecule has 27 heavy (non-hydrogen) atoms. The average Bonchev–Trinajstić information content (AvgIpc) is 3.18. The summed E-state index contributed by atoms with van der Waals surface area (Å²) in [6, 6.07) is 17.6. The number of nitrogens with one attached hydrogen (secondary N) is 1. The Bertz CT molecular complexity index is 1080. The summed E-state index contributed by atoms with van der Waals surface area (Å²) in [5.74, 6) is -0.562. The predicted octanol–water partition coefficient (Wildman–Crippen LogP) is 2.90. The quantitative estimate of drug-likeness (QED) is 0.593. The summed E-state index contributed by atoms with van der Waals surface area (Å²) in [5.41, 5.74) is 3.53. The van der Waals surface area contributed by atoms with Crippen molar-refractivity contribution in [3.63, 3.8) is 0 Å². The molecule has 0 bridgehead atoms. The molecule has 0 aliphatic carbocycles. The monoisotopic (exact) mass is 361 g/mol. The van der Waals surface area contributed by atoms with E-state index in [-0.39, 0.29) is 17.4 Å². The first kappa shape index (κ1) is 16.8. The van der Waals surface area contributed by atoms with Gasteiger partial charge < -0.3 is 5.32 Å². The third-order valence-corrected chi connectivity index (χ3v) is 4.20. The highest BCUT2D eigenvalue weighted by Crippen LogP contribution is 2.23. The summed E-state index contributed by atoms with van der Waals surface area (Å²) in [4.78, 5) is 12.6. The van der Waals surface area contributed by atoms with Crippen molar-refractivity contribution in [2.75, 3.05) is 6.54 Å². The second kappa shape index (κ2) is 7.33. The number of nitrogens with zero attached hydrogens (tertiary/aromatic N) is 4. The van der Waals surface area contributed by atoms with Gasteiger partial charge in [0.05, 0.1) is 0 Å². The first-order chi connectivity index (χ1) is 13.2. The fourth-order valence-corrected chi connectivity index (χ4v) is 2.83. The second-order valence-electron chi connectivity index (χ2n) is 6.04. The van der Waals surface area contributed by atoms with Crippen molar-refractivity contribution in [1.29, 1.82) is 0 Å². The molecular weight excluding hydrogens is 345 g/mol. The van der Waals surface area contributed by atoms with Gasteiger partial charge in [-0.3, -0.25) is 4.79 Å². The highest BCUT2D eigenvalue weighted by Gasteiger charge is 2.14. The van der Waals surface area contributed by atoms with Gasteiger partial charge in [-0.05, 0) is 35.7 Å². The minimum atomic E-state index is -0.287. The second-order valence-corrected chi connectivity index (χ2v) is 6.04. The van der Waals surface area contributed by atoms with E-state index in [0.29, 0.717) is 18.6 Å². The van der Waals surface area contributed by atoms with E-state index >= 15 is 0 Å². The van der Waals surface area contributed by atoms with Crippen LogP contribution in [-0.4, -0.2) is 32.3 Å². The van der Waals surface area contributed by atoms with Crippen molar-refractivity contribution in [2.24, 2.45) is 0 Å². The van der Waals surface area contributed by atoms with Crippen LogP contribution in [-0.2, 0) is 6.42 Å². The maximum Gasteiger partial charge on any atom is 0.271 e. The number of fused-ring (bicyclic) bond motifs is 1. The lowest BCUT2D eigenvalue weighted by Gasteiger charge is -2.08. The summed E-state index contributed by atoms with van der Waals surface area (Å²) in [5, 5.41) is 15.1. The van der Waals surface area contributed by atoms with Crippen molar-refractivity contribution in [3.8, 4) is 11.1 Å². The Kier molecular flexibility index (Phi) is 4.57. The van der Waals surface area contributed by atoms with Crippen molar-refractivity contribution in [1.82, 2.24) is 25.1 Å². The normalized spacial score (nSPS) is 10.9. The summed E-state index contributed by atoms with van der Waals surface area (Å²) in [6.45, 7) is 0.424. The van der Waals surface area contributed by atoms with Crippen LogP contribution in [0.3, 0.4) is 0 Å². The molecule has 1 N–H and O–H groups in total. The molecule has 0 aliphatic heterocycles. The third-order valence-electron chi connectivity index (χ3n) is 4.20. The molecule has 0 atom stereocenters. The zero-order valence-electron chi connectivity index (χ0n) is 14.3. The Labute approximate surface area is 154 Å². The Balaban J connectivity index is 1.54. The van der Waals surface area contributed by atoms with E-state index in [1.165, 1.54) is 23.0 Å². The number of benzene rings is 2. The van der Waals surface area contributed by atoms with Crippen molar-refractivity contribution < 1.29 is 9.18 Å². The van der Waals surface area contributed by atoms with Gasteiger partial charge in [-0.25, -0.2) is 4.39 Å². The molecule has 7 heteroatoms. The van der Waals surface area contributed by atoms with Crippen LogP contribution in [0.15, 0.2) is 67.0 Å². The molecule has 1 amide bonds. The number of aromatic nitrogens is 4. The molecule has 0 spiro atoms. The van der Waals surface area contributed by atoms with Gasteiger partial charge in [-0.2, -0.15) is 9.61 Å². The first-order valence-corrected chi connectivity index (χ1v) is 8.50. The van der Waals surface area contributed by atoms with Gasteiger partial charge in [0.1, 0.15) is 17.8 Å². The molecular formula is C20H16FN5O. The van der Waals surface area contributed by atoms with Crippen molar-refractivity contribution in [3.05, 3.63) is 84.1 Å². The van der Waals surface area contributed by atoms with E-state index in [1.54, 1.807) is 18.2 Å². The van der Waals surface area contributed by atoms with Crippen LogP contribution in [0.5, 0.6) is 0 Å². The predicted molar refractivity (Wildman–Crippen MR) is 98.7 cm³/mol. The van der Waals surface area contributed by atoms with Gasteiger partial charge in [0.2, 0.25) is 0 Å². The molecule has 0 unspecified atom stereocenters. The van der Waals surface area contributed by atoms with E-state index in [4.69, 9.17) is 0 Å². The van der Waals surface area contributed by atoms with Crippen molar-refractivity contribution in [2.45, 2.75) is 6.42 Å². The van der Waals surface area contributed by atoms with Crippen LogP contribution in [0.2, 0.25) is 0 Å². The van der Waals surface area contributed by atoms with Gasteiger partial charge >= 0.3 is 0 Å². The lowest BCUT2D eigenvalue weighted by molar-refractivity contribution is 0.0948. The van der Waals surface area contributed by atoms with Crippen LogP contribution in [0.1, 0.15) is 16.1 Å². The molecule has 0 saturated carbocycles. The number of carbonyl (C=O) groups excluding carboxylic acids is 1. The topological polar surface area (TPSA) is 72.2 Å². The Hall–Kier alpha value is -3.61. The number of carbonyl (C=O) groups is 1. The molecule has 0 saturated heterocycles. The summed E-state index contributed by atoms with van der Waals surface area (Å²) < 4.78 is 14.4. The van der Waals surface area contributed by atoms with E-state index in [9.17, 15) is 9.18 Å². The molecule has 4 aromatic rings. The zero-order valence-corrected chi connectivity index (χ0v) is 14.3. The molecule has 2 aromatic carbocycles. The third kappa shape index (κ3) is 3.67. The van der Waals surface area contributed by atoms with Gasteiger partial charge in [0, 0.05) is 12.1 Å². The molecule has 2 heterocycles. The Morgan fingerprint density at radius 2 is 1.85 bits per heavy atom. The Morgan fingerprint density at radius 3 is 2.63 bits per heavy atom. The molecule has 0 fully saturated rings. The lowest BCUT2D eigenvalue weighted by atomic mass is 10.1. The minimum absolute atomic E-state index is 0.275. The number of halogens is 1. The number of amides is 1. The van der Waals surface area contributed by atoms with Crippen LogP contribution in [0, 0.1) is 5.82 Å². The molecule has 0 aliphatic rings. The number of rotatable bonds is 5. The molecule has 0 radical (unpaired) electrons. The summed E-state index contributed by atoms with van der Waals surface area (Å²) in [6.07, 6.45) is 2.07. The zero-order chi connectivity index (χ0) is 18.6. The van der Waals surface area contributed by atoms with E-state index in [1.807, 2.05) is 30.3 Å². The van der Waals surface area contributed by atoms with E-state index in [2.05, 4.69) is 20.6 Å². The molecule has 6 nitrogen and oxygen atoms in total. The fourth-order valence-electron chi connectivity index (χ4n) is 2.83. The van der Waals surface area contributed by atoms with Gasteiger partial charge in [0.25, 0.3) is 5.91 Å². The fraction of sp³-hybridized carbons (Fsp3) is 0.100. The number of hydrogen-bond acceptors (Lipinski definition) is 4. The highest BCUT2D eigenvalue weighted by molar-refractivity contribution is 5.94. The molecule has 2 aromatic heterocycles. The van der Waals surface area contributed by atoms with Crippen LogP contribution < -0.4 is 5.32 Å². The van der Waals surface area contributed by atoms with E-state index < -0.39 is 0 Å².